The number of halogens is 2. The minimum Gasteiger partial charge on any atom is -0.383 e. The molecule has 0 atom stereocenters. The van der Waals surface area contributed by atoms with Crippen LogP contribution in [-0.4, -0.2) is 40.0 Å². The first-order chi connectivity index (χ1) is 14.5. The monoisotopic (exact) mass is 564 g/mol. The molecule has 1 aliphatic heterocycles. The highest BCUT2D eigenvalue weighted by Gasteiger charge is 2.31. The van der Waals surface area contributed by atoms with Crippen molar-refractivity contribution in [2.45, 2.75) is 6.54 Å². The van der Waals surface area contributed by atoms with Gasteiger partial charge in [0.05, 0.1) is 18.1 Å². The van der Waals surface area contributed by atoms with Gasteiger partial charge >= 0.3 is 0 Å². The average molecular weight is 566 g/mol. The summed E-state index contributed by atoms with van der Waals surface area (Å²) in [7, 11) is 1.62. The maximum Gasteiger partial charge on any atom is 0.266 e. The van der Waals surface area contributed by atoms with Crippen molar-refractivity contribution in [3.8, 4) is 0 Å². The highest BCUT2D eigenvalue weighted by molar-refractivity contribution is 9.10. The van der Waals surface area contributed by atoms with Crippen LogP contribution in [0.1, 0.15) is 11.1 Å². The van der Waals surface area contributed by atoms with Crippen molar-refractivity contribution in [1.82, 2.24) is 9.47 Å². The molecule has 4 rings (SSSR count). The zero-order valence-corrected chi connectivity index (χ0v) is 20.9. The predicted octanol–water partition coefficient (Wildman–Crippen LogP) is 6.06. The molecule has 8 heteroatoms. The zero-order valence-electron chi connectivity index (χ0n) is 16.1. The highest BCUT2D eigenvalue weighted by atomic mass is 79.9. The van der Waals surface area contributed by atoms with Gasteiger partial charge in [-0.2, -0.15) is 0 Å². The van der Waals surface area contributed by atoms with E-state index in [1.165, 1.54) is 17.3 Å². The van der Waals surface area contributed by atoms with Gasteiger partial charge in [-0.15, -0.1) is 0 Å². The van der Waals surface area contributed by atoms with Crippen molar-refractivity contribution >= 4 is 83.0 Å². The molecule has 1 amide bonds. The minimum absolute atomic E-state index is 0.0640. The summed E-state index contributed by atoms with van der Waals surface area (Å²) < 4.78 is 9.94. The third-order valence-corrected chi connectivity index (χ3v) is 7.22. The van der Waals surface area contributed by atoms with Crippen LogP contribution < -0.4 is 0 Å². The summed E-state index contributed by atoms with van der Waals surface area (Å²) in [6.45, 7) is 1.67. The number of rotatable bonds is 6. The molecule has 1 aromatic heterocycles. The lowest BCUT2D eigenvalue weighted by molar-refractivity contribution is -0.122. The SMILES string of the molecule is COCCN1C(=O)/C(=C/c2cn(Cc3ccc(Br)cc3)c3ccc(Br)cc23)SC1=S. The predicted molar refractivity (Wildman–Crippen MR) is 135 cm³/mol. The van der Waals surface area contributed by atoms with Crippen molar-refractivity contribution in [2.24, 2.45) is 0 Å². The van der Waals surface area contributed by atoms with Gasteiger partial charge in [-0.05, 0) is 42.0 Å². The molecule has 154 valence electrons. The van der Waals surface area contributed by atoms with Gasteiger partial charge in [-0.1, -0.05) is 68.0 Å². The van der Waals surface area contributed by atoms with E-state index in [-0.39, 0.29) is 5.91 Å². The summed E-state index contributed by atoms with van der Waals surface area (Å²) in [5, 5.41) is 1.09. The summed E-state index contributed by atoms with van der Waals surface area (Å²) in [6.07, 6.45) is 4.04. The van der Waals surface area contributed by atoms with E-state index in [1.54, 1.807) is 12.0 Å². The Hall–Kier alpha value is -1.45. The largest absolute Gasteiger partial charge is 0.383 e. The normalized spacial score (nSPS) is 15.7. The molecule has 0 N–H and O–H groups in total. The van der Waals surface area contributed by atoms with Crippen LogP contribution in [0.2, 0.25) is 0 Å². The first-order valence-electron chi connectivity index (χ1n) is 9.23. The number of methoxy groups -OCH3 is 1. The maximum atomic E-state index is 12.8. The smallest absolute Gasteiger partial charge is 0.266 e. The third kappa shape index (κ3) is 4.57. The van der Waals surface area contributed by atoms with Crippen LogP contribution in [0.4, 0.5) is 0 Å². The van der Waals surface area contributed by atoms with Gasteiger partial charge in [0.25, 0.3) is 5.91 Å². The van der Waals surface area contributed by atoms with Crippen molar-refractivity contribution in [1.29, 1.82) is 0 Å². The van der Waals surface area contributed by atoms with E-state index < -0.39 is 0 Å². The van der Waals surface area contributed by atoms with Crippen molar-refractivity contribution in [3.63, 3.8) is 0 Å². The first-order valence-corrected chi connectivity index (χ1v) is 12.0. The Balaban J connectivity index is 1.71. The average Bonchev–Trinajstić information content (AvgIpc) is 3.18. The lowest BCUT2D eigenvalue weighted by Crippen LogP contribution is -2.31. The number of fused-ring (bicyclic) bond motifs is 1. The summed E-state index contributed by atoms with van der Waals surface area (Å²) >= 11 is 13.8. The summed E-state index contributed by atoms with van der Waals surface area (Å²) in [4.78, 5) is 15.1. The first kappa shape index (κ1) is 21.8. The van der Waals surface area contributed by atoms with Crippen LogP contribution in [0.15, 0.2) is 62.5 Å². The number of thiocarbonyl (C=S) groups is 1. The Morgan fingerprint density at radius 2 is 1.87 bits per heavy atom. The number of hydrogen-bond acceptors (Lipinski definition) is 4. The lowest BCUT2D eigenvalue weighted by Gasteiger charge is -2.12. The molecule has 1 saturated heterocycles. The van der Waals surface area contributed by atoms with Crippen LogP contribution in [-0.2, 0) is 16.1 Å². The van der Waals surface area contributed by atoms with E-state index in [4.69, 9.17) is 17.0 Å². The van der Waals surface area contributed by atoms with Crippen LogP contribution in [0, 0.1) is 0 Å². The molecule has 1 fully saturated rings. The molecule has 2 heterocycles. The number of hydrogen-bond donors (Lipinski definition) is 0. The van der Waals surface area contributed by atoms with Gasteiger partial charge in [-0.3, -0.25) is 9.69 Å². The van der Waals surface area contributed by atoms with E-state index in [2.05, 4.69) is 66.9 Å². The van der Waals surface area contributed by atoms with Crippen LogP contribution in [0.5, 0.6) is 0 Å². The summed E-state index contributed by atoms with van der Waals surface area (Å²) in [5.41, 5.74) is 3.31. The molecule has 0 aliphatic carbocycles. The molecule has 4 nitrogen and oxygen atoms in total. The van der Waals surface area contributed by atoms with Gasteiger partial charge in [0.15, 0.2) is 0 Å². The van der Waals surface area contributed by atoms with Crippen molar-refractivity contribution < 1.29 is 9.53 Å². The van der Waals surface area contributed by atoms with E-state index in [9.17, 15) is 4.79 Å². The number of amides is 1. The number of nitrogens with zero attached hydrogens (tertiary/aromatic N) is 2. The summed E-state index contributed by atoms with van der Waals surface area (Å²) in [6, 6.07) is 14.5. The fourth-order valence-electron chi connectivity index (χ4n) is 3.35. The number of benzene rings is 2. The van der Waals surface area contributed by atoms with E-state index >= 15 is 0 Å². The Bertz CT molecular complexity index is 1160. The topological polar surface area (TPSA) is 34.5 Å². The number of thioether (sulfide) groups is 1. The fraction of sp³-hybridized carbons (Fsp3) is 0.182. The summed E-state index contributed by atoms with van der Waals surface area (Å²) in [5.74, 6) is -0.0640. The molecule has 0 radical (unpaired) electrons. The highest BCUT2D eigenvalue weighted by Crippen LogP contribution is 2.35. The van der Waals surface area contributed by atoms with Crippen LogP contribution >= 0.6 is 55.8 Å². The zero-order chi connectivity index (χ0) is 21.3. The second-order valence-electron chi connectivity index (χ2n) is 6.83. The Kier molecular flexibility index (Phi) is 6.79. The maximum absolute atomic E-state index is 12.8. The molecule has 0 spiro atoms. The molecule has 2 aromatic carbocycles. The Labute approximate surface area is 201 Å². The molecule has 0 unspecified atom stereocenters. The van der Waals surface area contributed by atoms with E-state index in [1.807, 2.05) is 24.3 Å². The number of aromatic nitrogens is 1. The Morgan fingerprint density at radius 3 is 2.60 bits per heavy atom. The molecule has 0 bridgehead atoms. The number of carbonyl (C=O) groups excluding carboxylic acids is 1. The van der Waals surface area contributed by atoms with Gasteiger partial charge in [0.2, 0.25) is 0 Å². The van der Waals surface area contributed by atoms with Gasteiger partial charge in [0.1, 0.15) is 4.32 Å². The van der Waals surface area contributed by atoms with E-state index in [0.717, 1.165) is 32.0 Å². The lowest BCUT2D eigenvalue weighted by atomic mass is 10.1. The second kappa shape index (κ2) is 9.36. The van der Waals surface area contributed by atoms with Gasteiger partial charge in [0, 0.05) is 45.3 Å². The quantitative estimate of drug-likeness (QED) is 0.269. The molecular formula is C22H18Br2N2O2S2. The standard InChI is InChI=1S/C22H18Br2N2O2S2/c1-28-9-8-26-21(27)20(30-22(26)29)10-15-13-25(12-14-2-4-16(23)5-3-14)19-7-6-17(24)11-18(15)19/h2-7,10-11,13H,8-9,12H2,1H3/b20-10-. The molecule has 30 heavy (non-hydrogen) atoms. The Morgan fingerprint density at radius 1 is 1.13 bits per heavy atom. The third-order valence-electron chi connectivity index (χ3n) is 4.82. The van der Waals surface area contributed by atoms with Crippen LogP contribution in [0.25, 0.3) is 17.0 Å². The van der Waals surface area contributed by atoms with E-state index in [0.29, 0.717) is 22.4 Å². The molecule has 1 aliphatic rings. The van der Waals surface area contributed by atoms with Crippen LogP contribution in [0.3, 0.4) is 0 Å². The van der Waals surface area contributed by atoms with Gasteiger partial charge in [-0.25, -0.2) is 0 Å². The molecule has 0 saturated carbocycles. The molecule has 3 aromatic rings. The number of ether oxygens (including phenoxy) is 1. The van der Waals surface area contributed by atoms with Crippen molar-refractivity contribution in [3.05, 3.63) is 73.6 Å². The molecular weight excluding hydrogens is 548 g/mol. The van der Waals surface area contributed by atoms with Crippen molar-refractivity contribution in [2.75, 3.05) is 20.3 Å². The van der Waals surface area contributed by atoms with Gasteiger partial charge < -0.3 is 9.30 Å². The number of carbonyl (C=O) groups is 1. The second-order valence-corrected chi connectivity index (χ2v) is 10.3. The fourth-order valence-corrected chi connectivity index (χ4v) is 5.27. The minimum atomic E-state index is -0.0640.